The third-order valence-corrected chi connectivity index (χ3v) is 4.13. The van der Waals surface area contributed by atoms with E-state index in [-0.39, 0.29) is 6.61 Å². The van der Waals surface area contributed by atoms with E-state index in [1.165, 1.54) is 22.3 Å². The van der Waals surface area contributed by atoms with Gasteiger partial charge in [0.15, 0.2) is 0 Å². The SMILES string of the molecule is Cc1ccc(-c2cccnc2CO)c(-c2ccccc2)c1C. The van der Waals surface area contributed by atoms with Gasteiger partial charge in [-0.05, 0) is 47.7 Å². The molecule has 0 fully saturated rings. The van der Waals surface area contributed by atoms with E-state index in [2.05, 4.69) is 55.2 Å². The summed E-state index contributed by atoms with van der Waals surface area (Å²) < 4.78 is 0. The molecular weight excluding hydrogens is 270 g/mol. The van der Waals surface area contributed by atoms with Crippen molar-refractivity contribution in [1.29, 1.82) is 0 Å². The molecule has 1 aromatic heterocycles. The number of hydrogen-bond acceptors (Lipinski definition) is 2. The number of aliphatic hydroxyl groups excluding tert-OH is 1. The second-order valence-electron chi connectivity index (χ2n) is 5.45. The number of nitrogens with zero attached hydrogens (tertiary/aromatic N) is 1. The van der Waals surface area contributed by atoms with Crippen LogP contribution in [0.2, 0.25) is 0 Å². The van der Waals surface area contributed by atoms with Crippen molar-refractivity contribution in [3.8, 4) is 22.3 Å². The molecule has 0 aliphatic rings. The third-order valence-electron chi connectivity index (χ3n) is 4.13. The molecule has 0 radical (unpaired) electrons. The molecule has 3 rings (SSSR count). The summed E-state index contributed by atoms with van der Waals surface area (Å²) in [6, 6.07) is 18.6. The summed E-state index contributed by atoms with van der Waals surface area (Å²) in [5.41, 5.74) is 7.74. The van der Waals surface area contributed by atoms with Crippen molar-refractivity contribution >= 4 is 0 Å². The zero-order valence-corrected chi connectivity index (χ0v) is 12.9. The van der Waals surface area contributed by atoms with E-state index >= 15 is 0 Å². The standard InChI is InChI=1S/C20H19NO/c1-14-10-11-18(17-9-6-12-21-19(17)13-22)20(15(14)2)16-7-4-3-5-8-16/h3-12,22H,13H2,1-2H3. The highest BCUT2D eigenvalue weighted by Gasteiger charge is 2.14. The molecule has 22 heavy (non-hydrogen) atoms. The monoisotopic (exact) mass is 289 g/mol. The number of rotatable bonds is 3. The molecule has 0 aliphatic carbocycles. The molecule has 0 saturated carbocycles. The summed E-state index contributed by atoms with van der Waals surface area (Å²) in [5.74, 6) is 0. The molecule has 0 bridgehead atoms. The number of aliphatic hydroxyl groups is 1. The fourth-order valence-corrected chi connectivity index (χ4v) is 2.83. The van der Waals surface area contributed by atoms with Crippen molar-refractivity contribution in [3.63, 3.8) is 0 Å². The van der Waals surface area contributed by atoms with E-state index in [9.17, 15) is 5.11 Å². The second kappa shape index (κ2) is 6.12. The van der Waals surface area contributed by atoms with Gasteiger partial charge in [-0.1, -0.05) is 48.5 Å². The molecule has 2 nitrogen and oxygen atoms in total. The van der Waals surface area contributed by atoms with Gasteiger partial charge in [-0.25, -0.2) is 0 Å². The van der Waals surface area contributed by atoms with Gasteiger partial charge < -0.3 is 5.11 Å². The lowest BCUT2D eigenvalue weighted by atomic mass is 9.88. The van der Waals surface area contributed by atoms with Crippen molar-refractivity contribution in [2.24, 2.45) is 0 Å². The van der Waals surface area contributed by atoms with Crippen LogP contribution in [-0.4, -0.2) is 10.1 Å². The highest BCUT2D eigenvalue weighted by atomic mass is 16.3. The summed E-state index contributed by atoms with van der Waals surface area (Å²) in [6.45, 7) is 4.22. The number of pyridine rings is 1. The summed E-state index contributed by atoms with van der Waals surface area (Å²) in [7, 11) is 0. The lowest BCUT2D eigenvalue weighted by molar-refractivity contribution is 0.277. The Morgan fingerprint density at radius 1 is 0.864 bits per heavy atom. The molecule has 1 heterocycles. The van der Waals surface area contributed by atoms with Gasteiger partial charge >= 0.3 is 0 Å². The Morgan fingerprint density at radius 3 is 2.36 bits per heavy atom. The number of aromatic nitrogens is 1. The smallest absolute Gasteiger partial charge is 0.0859 e. The fourth-order valence-electron chi connectivity index (χ4n) is 2.83. The van der Waals surface area contributed by atoms with Crippen LogP contribution in [0, 0.1) is 13.8 Å². The first-order valence-electron chi connectivity index (χ1n) is 7.43. The maximum Gasteiger partial charge on any atom is 0.0859 e. The summed E-state index contributed by atoms with van der Waals surface area (Å²) in [6.07, 6.45) is 1.72. The summed E-state index contributed by atoms with van der Waals surface area (Å²) in [5, 5.41) is 9.60. The van der Waals surface area contributed by atoms with Crippen molar-refractivity contribution in [2.45, 2.75) is 20.5 Å². The topological polar surface area (TPSA) is 33.1 Å². The van der Waals surface area contributed by atoms with E-state index in [0.29, 0.717) is 5.69 Å². The van der Waals surface area contributed by atoms with Crippen LogP contribution >= 0.6 is 0 Å². The molecule has 0 amide bonds. The van der Waals surface area contributed by atoms with Crippen LogP contribution in [0.3, 0.4) is 0 Å². The van der Waals surface area contributed by atoms with E-state index in [1.807, 2.05) is 18.2 Å². The Morgan fingerprint density at radius 2 is 1.64 bits per heavy atom. The number of hydrogen-bond donors (Lipinski definition) is 1. The van der Waals surface area contributed by atoms with Crippen molar-refractivity contribution in [3.05, 3.63) is 77.6 Å². The van der Waals surface area contributed by atoms with Gasteiger partial charge in [0.05, 0.1) is 12.3 Å². The minimum Gasteiger partial charge on any atom is -0.390 e. The summed E-state index contributed by atoms with van der Waals surface area (Å²) in [4.78, 5) is 4.31. The predicted molar refractivity (Wildman–Crippen MR) is 90.5 cm³/mol. The molecule has 0 spiro atoms. The van der Waals surface area contributed by atoms with Gasteiger partial charge in [0.2, 0.25) is 0 Å². The highest BCUT2D eigenvalue weighted by molar-refractivity contribution is 5.87. The molecule has 2 aromatic carbocycles. The average Bonchev–Trinajstić information content (AvgIpc) is 2.58. The lowest BCUT2D eigenvalue weighted by Crippen LogP contribution is -1.97. The van der Waals surface area contributed by atoms with Crippen LogP contribution in [0.25, 0.3) is 22.3 Å². The first kappa shape index (κ1) is 14.5. The molecule has 0 aliphatic heterocycles. The van der Waals surface area contributed by atoms with Crippen molar-refractivity contribution < 1.29 is 5.11 Å². The number of benzene rings is 2. The Balaban J connectivity index is 2.31. The van der Waals surface area contributed by atoms with E-state index in [1.54, 1.807) is 6.20 Å². The molecule has 2 heteroatoms. The van der Waals surface area contributed by atoms with Crippen LogP contribution in [-0.2, 0) is 6.61 Å². The molecule has 3 aromatic rings. The van der Waals surface area contributed by atoms with Gasteiger partial charge in [-0.3, -0.25) is 4.98 Å². The fraction of sp³-hybridized carbons (Fsp3) is 0.150. The molecule has 0 saturated heterocycles. The van der Waals surface area contributed by atoms with E-state index < -0.39 is 0 Å². The van der Waals surface area contributed by atoms with Gasteiger partial charge in [0.25, 0.3) is 0 Å². The largest absolute Gasteiger partial charge is 0.390 e. The molecular formula is C20H19NO. The van der Waals surface area contributed by atoms with Gasteiger partial charge in [-0.15, -0.1) is 0 Å². The van der Waals surface area contributed by atoms with Gasteiger partial charge in [0, 0.05) is 11.8 Å². The van der Waals surface area contributed by atoms with Crippen LogP contribution in [0.5, 0.6) is 0 Å². The van der Waals surface area contributed by atoms with E-state index in [0.717, 1.165) is 11.1 Å². The minimum absolute atomic E-state index is 0.0582. The third kappa shape index (κ3) is 2.53. The Hall–Kier alpha value is -2.45. The first-order chi connectivity index (χ1) is 10.7. The number of aryl methyl sites for hydroxylation is 1. The predicted octanol–water partition coefficient (Wildman–Crippen LogP) is 4.52. The maximum atomic E-state index is 9.60. The molecule has 110 valence electrons. The zero-order valence-electron chi connectivity index (χ0n) is 12.9. The Kier molecular flexibility index (Phi) is 4.03. The molecule has 0 atom stereocenters. The van der Waals surface area contributed by atoms with Crippen LogP contribution in [0.1, 0.15) is 16.8 Å². The normalized spacial score (nSPS) is 10.7. The maximum absolute atomic E-state index is 9.60. The minimum atomic E-state index is -0.0582. The van der Waals surface area contributed by atoms with Crippen LogP contribution in [0.15, 0.2) is 60.8 Å². The van der Waals surface area contributed by atoms with Crippen molar-refractivity contribution in [2.75, 3.05) is 0 Å². The van der Waals surface area contributed by atoms with Gasteiger partial charge in [-0.2, -0.15) is 0 Å². The average molecular weight is 289 g/mol. The summed E-state index contributed by atoms with van der Waals surface area (Å²) >= 11 is 0. The second-order valence-corrected chi connectivity index (χ2v) is 5.45. The van der Waals surface area contributed by atoms with Gasteiger partial charge in [0.1, 0.15) is 0 Å². The van der Waals surface area contributed by atoms with Crippen LogP contribution in [0.4, 0.5) is 0 Å². The van der Waals surface area contributed by atoms with Crippen LogP contribution < -0.4 is 0 Å². The zero-order chi connectivity index (χ0) is 15.5. The molecule has 1 N–H and O–H groups in total. The van der Waals surface area contributed by atoms with E-state index in [4.69, 9.17) is 0 Å². The Bertz CT molecular complexity index is 794. The quantitative estimate of drug-likeness (QED) is 0.768. The Labute approximate surface area is 131 Å². The lowest BCUT2D eigenvalue weighted by Gasteiger charge is -2.17. The highest BCUT2D eigenvalue weighted by Crippen LogP contribution is 2.37. The van der Waals surface area contributed by atoms with Crippen molar-refractivity contribution in [1.82, 2.24) is 4.98 Å². The molecule has 0 unspecified atom stereocenters. The first-order valence-corrected chi connectivity index (χ1v) is 7.43.